The zero-order valence-electron chi connectivity index (χ0n) is 11.5. The summed E-state index contributed by atoms with van der Waals surface area (Å²) >= 11 is 1.23. The molecule has 1 heterocycles. The standard InChI is InChI=1S/C13H17N3O2S2/c1-8-4-5-9(2)12(6-8)20(17,18)16-13-15-11(7-19-13)10(3)14/h4-7,10H,14H2,1-3H3,(H,15,16). The van der Waals surface area contributed by atoms with E-state index >= 15 is 0 Å². The summed E-state index contributed by atoms with van der Waals surface area (Å²) in [6.45, 7) is 5.43. The van der Waals surface area contributed by atoms with Crippen LogP contribution in [-0.4, -0.2) is 13.4 Å². The van der Waals surface area contributed by atoms with E-state index in [0.29, 0.717) is 16.4 Å². The van der Waals surface area contributed by atoms with E-state index in [1.165, 1.54) is 11.3 Å². The van der Waals surface area contributed by atoms with E-state index in [-0.39, 0.29) is 10.9 Å². The molecule has 0 amide bonds. The lowest BCUT2D eigenvalue weighted by atomic mass is 10.2. The highest BCUT2D eigenvalue weighted by molar-refractivity contribution is 7.93. The van der Waals surface area contributed by atoms with E-state index in [1.54, 1.807) is 31.4 Å². The van der Waals surface area contributed by atoms with Crippen molar-refractivity contribution in [3.05, 3.63) is 40.4 Å². The fraction of sp³-hybridized carbons (Fsp3) is 0.308. The molecule has 0 bridgehead atoms. The second kappa shape index (κ2) is 5.51. The third kappa shape index (κ3) is 3.17. The Hall–Kier alpha value is -1.44. The Morgan fingerprint density at radius 2 is 2.05 bits per heavy atom. The number of nitrogens with zero attached hydrogens (tertiary/aromatic N) is 1. The van der Waals surface area contributed by atoms with Gasteiger partial charge in [0.15, 0.2) is 5.13 Å². The first-order valence-corrected chi connectivity index (χ1v) is 8.47. The van der Waals surface area contributed by atoms with E-state index in [2.05, 4.69) is 9.71 Å². The number of nitrogens with two attached hydrogens (primary N) is 1. The van der Waals surface area contributed by atoms with Crippen LogP contribution in [0.15, 0.2) is 28.5 Å². The first-order chi connectivity index (χ1) is 9.29. The number of hydrogen-bond donors (Lipinski definition) is 2. The van der Waals surface area contributed by atoms with Crippen molar-refractivity contribution in [2.45, 2.75) is 31.7 Å². The Balaban J connectivity index is 2.33. The van der Waals surface area contributed by atoms with Crippen molar-refractivity contribution in [3.63, 3.8) is 0 Å². The van der Waals surface area contributed by atoms with Gasteiger partial charge in [0.2, 0.25) is 0 Å². The minimum atomic E-state index is -3.62. The van der Waals surface area contributed by atoms with E-state index in [9.17, 15) is 8.42 Å². The van der Waals surface area contributed by atoms with Crippen LogP contribution < -0.4 is 10.5 Å². The number of aromatic nitrogens is 1. The summed E-state index contributed by atoms with van der Waals surface area (Å²) in [7, 11) is -3.62. The van der Waals surface area contributed by atoms with Crippen LogP contribution in [0.1, 0.15) is 29.8 Å². The second-order valence-corrected chi connectivity index (χ2v) is 7.25. The predicted octanol–water partition coefficient (Wildman–Crippen LogP) is 2.58. The van der Waals surface area contributed by atoms with Gasteiger partial charge in [0.05, 0.1) is 10.6 Å². The average molecular weight is 311 g/mol. The van der Waals surface area contributed by atoms with E-state index < -0.39 is 10.0 Å². The summed E-state index contributed by atoms with van der Waals surface area (Å²) in [5.41, 5.74) is 7.98. The van der Waals surface area contributed by atoms with Gasteiger partial charge in [0.1, 0.15) is 0 Å². The van der Waals surface area contributed by atoms with E-state index in [1.807, 2.05) is 13.0 Å². The molecule has 3 N–H and O–H groups in total. The molecule has 7 heteroatoms. The third-order valence-electron chi connectivity index (χ3n) is 2.84. The monoisotopic (exact) mass is 311 g/mol. The number of rotatable bonds is 4. The fourth-order valence-corrected chi connectivity index (χ4v) is 4.11. The summed E-state index contributed by atoms with van der Waals surface area (Å²) in [6.07, 6.45) is 0. The number of hydrogen-bond acceptors (Lipinski definition) is 5. The molecule has 1 atom stereocenters. The molecule has 5 nitrogen and oxygen atoms in total. The molecule has 20 heavy (non-hydrogen) atoms. The van der Waals surface area contributed by atoms with Crippen LogP contribution in [0.2, 0.25) is 0 Å². The van der Waals surface area contributed by atoms with Crippen molar-refractivity contribution >= 4 is 26.5 Å². The topological polar surface area (TPSA) is 85.1 Å². The smallest absolute Gasteiger partial charge is 0.263 e. The number of sulfonamides is 1. The lowest BCUT2D eigenvalue weighted by Gasteiger charge is -2.09. The lowest BCUT2D eigenvalue weighted by Crippen LogP contribution is -2.14. The molecule has 2 aromatic rings. The van der Waals surface area contributed by atoms with Crippen molar-refractivity contribution in [2.24, 2.45) is 5.73 Å². The van der Waals surface area contributed by atoms with Crippen molar-refractivity contribution in [2.75, 3.05) is 4.72 Å². The molecule has 2 rings (SSSR count). The Morgan fingerprint density at radius 1 is 1.35 bits per heavy atom. The summed E-state index contributed by atoms with van der Waals surface area (Å²) in [5, 5.41) is 2.09. The van der Waals surface area contributed by atoms with Crippen molar-refractivity contribution in [3.8, 4) is 0 Å². The molecule has 1 aromatic heterocycles. The van der Waals surface area contributed by atoms with Gasteiger partial charge in [-0.1, -0.05) is 12.1 Å². The van der Waals surface area contributed by atoms with Gasteiger partial charge in [0.25, 0.3) is 10.0 Å². The maximum absolute atomic E-state index is 12.4. The highest BCUT2D eigenvalue weighted by Gasteiger charge is 2.19. The molecule has 0 saturated carbocycles. The number of benzene rings is 1. The molecule has 0 spiro atoms. The fourth-order valence-electron chi connectivity index (χ4n) is 1.71. The minimum absolute atomic E-state index is 0.217. The molecule has 0 aliphatic carbocycles. The molecular weight excluding hydrogens is 294 g/mol. The number of thiazole rings is 1. The van der Waals surface area contributed by atoms with Crippen LogP contribution in [0, 0.1) is 13.8 Å². The maximum Gasteiger partial charge on any atom is 0.263 e. The van der Waals surface area contributed by atoms with Crippen molar-refractivity contribution < 1.29 is 8.42 Å². The van der Waals surface area contributed by atoms with Gasteiger partial charge < -0.3 is 5.73 Å². The molecule has 108 valence electrons. The molecule has 0 fully saturated rings. The SMILES string of the molecule is Cc1ccc(C)c(S(=O)(=O)Nc2nc(C(C)N)cs2)c1. The Labute approximate surface area is 122 Å². The highest BCUT2D eigenvalue weighted by atomic mass is 32.2. The van der Waals surface area contributed by atoms with Gasteiger partial charge in [-0.05, 0) is 38.0 Å². The maximum atomic E-state index is 12.4. The minimum Gasteiger partial charge on any atom is -0.323 e. The zero-order chi connectivity index (χ0) is 14.9. The van der Waals surface area contributed by atoms with Crippen molar-refractivity contribution in [1.29, 1.82) is 0 Å². The van der Waals surface area contributed by atoms with Crippen LogP contribution in [0.3, 0.4) is 0 Å². The molecule has 0 aliphatic heterocycles. The highest BCUT2D eigenvalue weighted by Crippen LogP contribution is 2.24. The van der Waals surface area contributed by atoms with Crippen LogP contribution in [0.5, 0.6) is 0 Å². The summed E-state index contributed by atoms with van der Waals surface area (Å²) in [6, 6.07) is 5.10. The van der Waals surface area contributed by atoms with Crippen molar-refractivity contribution in [1.82, 2.24) is 4.98 Å². The molecule has 0 aliphatic rings. The Morgan fingerprint density at radius 3 is 2.65 bits per heavy atom. The van der Waals surface area contributed by atoms with Crippen LogP contribution >= 0.6 is 11.3 Å². The molecule has 0 saturated heterocycles. The number of nitrogens with one attached hydrogen (secondary N) is 1. The molecule has 1 unspecified atom stereocenters. The zero-order valence-corrected chi connectivity index (χ0v) is 13.2. The largest absolute Gasteiger partial charge is 0.323 e. The molecule has 1 aromatic carbocycles. The van der Waals surface area contributed by atoms with Gasteiger partial charge in [-0.15, -0.1) is 11.3 Å². The first kappa shape index (κ1) is 15.0. The van der Waals surface area contributed by atoms with Gasteiger partial charge in [-0.2, -0.15) is 0 Å². The first-order valence-electron chi connectivity index (χ1n) is 6.10. The lowest BCUT2D eigenvalue weighted by molar-refractivity contribution is 0.600. The van der Waals surface area contributed by atoms with Gasteiger partial charge >= 0.3 is 0 Å². The second-order valence-electron chi connectivity index (χ2n) is 4.74. The third-order valence-corrected chi connectivity index (χ3v) is 5.23. The molecule has 0 radical (unpaired) electrons. The van der Waals surface area contributed by atoms with E-state index in [4.69, 9.17) is 5.73 Å². The van der Waals surface area contributed by atoms with E-state index in [0.717, 1.165) is 5.56 Å². The van der Waals surface area contributed by atoms with Gasteiger partial charge in [-0.25, -0.2) is 13.4 Å². The van der Waals surface area contributed by atoms with Gasteiger partial charge in [-0.3, -0.25) is 4.72 Å². The number of anilines is 1. The summed E-state index contributed by atoms with van der Waals surface area (Å²) in [4.78, 5) is 4.45. The van der Waals surface area contributed by atoms with Crippen LogP contribution in [-0.2, 0) is 10.0 Å². The van der Waals surface area contributed by atoms with Crippen LogP contribution in [0.4, 0.5) is 5.13 Å². The van der Waals surface area contributed by atoms with Gasteiger partial charge in [0, 0.05) is 11.4 Å². The predicted molar refractivity (Wildman–Crippen MR) is 81.4 cm³/mol. The molecular formula is C13H17N3O2S2. The summed E-state index contributed by atoms with van der Waals surface area (Å²) < 4.78 is 27.3. The quantitative estimate of drug-likeness (QED) is 0.909. The Bertz CT molecular complexity index is 721. The average Bonchev–Trinajstić information content (AvgIpc) is 2.80. The summed E-state index contributed by atoms with van der Waals surface area (Å²) in [5.74, 6) is 0. The van der Waals surface area contributed by atoms with Crippen LogP contribution in [0.25, 0.3) is 0 Å². The Kier molecular flexibility index (Phi) is 4.12. The number of aryl methyl sites for hydroxylation is 2. The normalized spacial score (nSPS) is 13.2.